The van der Waals surface area contributed by atoms with Gasteiger partial charge in [0.05, 0.1) is 12.2 Å². The molecule has 1 aliphatic heterocycles. The van der Waals surface area contributed by atoms with Crippen LogP contribution < -0.4 is 0 Å². The van der Waals surface area contributed by atoms with Crippen LogP contribution in [0, 0.1) is 5.92 Å². The number of hydrogen-bond donors (Lipinski definition) is 0. The summed E-state index contributed by atoms with van der Waals surface area (Å²) < 4.78 is 0. The summed E-state index contributed by atoms with van der Waals surface area (Å²) in [6.45, 7) is 10.0. The molecule has 0 unspecified atom stereocenters. The van der Waals surface area contributed by atoms with Gasteiger partial charge in [-0.2, -0.15) is 0 Å². The molecule has 0 saturated carbocycles. The molecule has 1 aromatic heterocycles. The molecule has 2 nitrogen and oxygen atoms in total. The van der Waals surface area contributed by atoms with E-state index in [1.165, 1.54) is 36.6 Å². The number of hydrogen-bond acceptors (Lipinski definition) is 3. The molecule has 0 spiro atoms. The molecule has 2 rings (SSSR count). The Bertz CT molecular complexity index is 375. The van der Waals surface area contributed by atoms with Crippen LogP contribution in [0.2, 0.25) is 0 Å². The van der Waals surface area contributed by atoms with E-state index in [4.69, 9.17) is 16.6 Å². The van der Waals surface area contributed by atoms with Crippen molar-refractivity contribution >= 4 is 22.9 Å². The molecule has 1 aromatic rings. The summed E-state index contributed by atoms with van der Waals surface area (Å²) in [6, 6.07) is 0. The Balaban J connectivity index is 1.89. The second-order valence-corrected chi connectivity index (χ2v) is 7.50. The maximum absolute atomic E-state index is 5.91. The van der Waals surface area contributed by atoms with Gasteiger partial charge >= 0.3 is 0 Å². The Kier molecular flexibility index (Phi) is 4.68. The summed E-state index contributed by atoms with van der Waals surface area (Å²) in [5.41, 5.74) is 1.39. The van der Waals surface area contributed by atoms with E-state index in [1.54, 1.807) is 11.3 Å². The molecule has 1 fully saturated rings. The van der Waals surface area contributed by atoms with Crippen LogP contribution in [0.1, 0.15) is 44.3 Å². The molecule has 0 aromatic carbocycles. The Morgan fingerprint density at radius 2 is 2.06 bits per heavy atom. The molecular weight excluding hydrogens is 264 g/mol. The third-order valence-electron chi connectivity index (χ3n) is 3.60. The fraction of sp³-hybridized carbons (Fsp3) is 0.786. The number of rotatable bonds is 3. The highest BCUT2D eigenvalue weighted by Gasteiger charge is 2.21. The summed E-state index contributed by atoms with van der Waals surface area (Å²) in [7, 11) is 0. The summed E-state index contributed by atoms with van der Waals surface area (Å²) in [4.78, 5) is 7.27. The van der Waals surface area contributed by atoms with Gasteiger partial charge in [-0.05, 0) is 31.8 Å². The van der Waals surface area contributed by atoms with E-state index in [0.717, 1.165) is 18.3 Å². The van der Waals surface area contributed by atoms with Crippen LogP contribution in [0.25, 0.3) is 0 Å². The van der Waals surface area contributed by atoms with Crippen molar-refractivity contribution in [2.24, 2.45) is 5.92 Å². The summed E-state index contributed by atoms with van der Waals surface area (Å²) in [6.07, 6.45) is 2.47. The van der Waals surface area contributed by atoms with Crippen molar-refractivity contribution < 1.29 is 0 Å². The Labute approximate surface area is 119 Å². The number of likely N-dealkylation sites (tertiary alicyclic amines) is 1. The lowest BCUT2D eigenvalue weighted by Gasteiger charge is -2.30. The van der Waals surface area contributed by atoms with Gasteiger partial charge in [-0.15, -0.1) is 22.9 Å². The molecule has 0 radical (unpaired) electrons. The molecule has 18 heavy (non-hydrogen) atoms. The number of alkyl halides is 1. The monoisotopic (exact) mass is 286 g/mol. The van der Waals surface area contributed by atoms with E-state index in [9.17, 15) is 0 Å². The van der Waals surface area contributed by atoms with Crippen LogP contribution in [0.15, 0.2) is 5.38 Å². The minimum Gasteiger partial charge on any atom is -0.297 e. The van der Waals surface area contributed by atoms with Crippen LogP contribution in [-0.4, -0.2) is 28.9 Å². The summed E-state index contributed by atoms with van der Waals surface area (Å²) in [5.74, 6) is 1.54. The van der Waals surface area contributed by atoms with Gasteiger partial charge in [0.25, 0.3) is 0 Å². The molecule has 0 bridgehead atoms. The molecule has 0 aliphatic carbocycles. The average Bonchev–Trinajstić information content (AvgIpc) is 2.78. The molecule has 0 atom stereocenters. The zero-order valence-corrected chi connectivity index (χ0v) is 13.2. The lowest BCUT2D eigenvalue weighted by atomic mass is 9.93. The first kappa shape index (κ1) is 14.3. The average molecular weight is 287 g/mol. The van der Waals surface area contributed by atoms with Gasteiger partial charge in [0.15, 0.2) is 0 Å². The fourth-order valence-electron chi connectivity index (χ4n) is 2.22. The van der Waals surface area contributed by atoms with E-state index in [2.05, 4.69) is 31.1 Å². The molecule has 0 amide bonds. The third kappa shape index (κ3) is 3.69. The van der Waals surface area contributed by atoms with Gasteiger partial charge in [0, 0.05) is 16.7 Å². The van der Waals surface area contributed by atoms with Crippen molar-refractivity contribution in [3.8, 4) is 0 Å². The zero-order chi connectivity index (χ0) is 13.2. The Morgan fingerprint density at radius 1 is 1.39 bits per heavy atom. The zero-order valence-electron chi connectivity index (χ0n) is 11.6. The smallest absolute Gasteiger partial charge is 0.107 e. The van der Waals surface area contributed by atoms with E-state index in [1.807, 2.05) is 0 Å². The minimum atomic E-state index is 0.167. The van der Waals surface area contributed by atoms with Crippen LogP contribution in [0.3, 0.4) is 0 Å². The first-order valence-electron chi connectivity index (χ1n) is 6.72. The highest BCUT2D eigenvalue weighted by Crippen LogP contribution is 2.26. The summed E-state index contributed by atoms with van der Waals surface area (Å²) in [5, 5.41) is 3.46. The van der Waals surface area contributed by atoms with Crippen LogP contribution in [0.5, 0.6) is 0 Å². The van der Waals surface area contributed by atoms with Crippen LogP contribution in [-0.2, 0) is 12.0 Å². The normalized spacial score (nSPS) is 19.3. The minimum absolute atomic E-state index is 0.167. The lowest BCUT2D eigenvalue weighted by molar-refractivity contribution is 0.186. The number of halogens is 1. The molecule has 4 heteroatoms. The number of piperidine rings is 1. The predicted molar refractivity (Wildman–Crippen MR) is 79.5 cm³/mol. The first-order chi connectivity index (χ1) is 8.49. The number of aromatic nitrogens is 1. The molecule has 1 saturated heterocycles. The van der Waals surface area contributed by atoms with Crippen molar-refractivity contribution in [2.45, 2.75) is 45.6 Å². The fourth-order valence-corrected chi connectivity index (χ4v) is 3.59. The topological polar surface area (TPSA) is 16.1 Å². The highest BCUT2D eigenvalue weighted by atomic mass is 35.5. The highest BCUT2D eigenvalue weighted by molar-refractivity contribution is 7.09. The van der Waals surface area contributed by atoms with E-state index < -0.39 is 0 Å². The number of nitrogens with zero attached hydrogens (tertiary/aromatic N) is 2. The van der Waals surface area contributed by atoms with Crippen molar-refractivity contribution in [3.63, 3.8) is 0 Å². The second kappa shape index (κ2) is 5.89. The lowest BCUT2D eigenvalue weighted by Crippen LogP contribution is -2.33. The molecular formula is C14H23ClN2S. The van der Waals surface area contributed by atoms with Gasteiger partial charge in [-0.25, -0.2) is 4.98 Å². The van der Waals surface area contributed by atoms with Crippen LogP contribution in [0.4, 0.5) is 0 Å². The van der Waals surface area contributed by atoms with Gasteiger partial charge in [-0.3, -0.25) is 4.90 Å². The van der Waals surface area contributed by atoms with Gasteiger partial charge in [0.1, 0.15) is 5.01 Å². The molecule has 0 N–H and O–H groups in total. The quantitative estimate of drug-likeness (QED) is 0.784. The van der Waals surface area contributed by atoms with Gasteiger partial charge in [-0.1, -0.05) is 20.8 Å². The Hall–Kier alpha value is -0.120. The maximum atomic E-state index is 5.91. The SMILES string of the molecule is CC(C)(C)c1csc(CN2CCC(CCl)CC2)n1. The van der Waals surface area contributed by atoms with Crippen molar-refractivity contribution in [1.82, 2.24) is 9.88 Å². The molecule has 1 aliphatic rings. The molecule has 102 valence electrons. The maximum Gasteiger partial charge on any atom is 0.107 e. The predicted octanol–water partition coefficient (Wildman–Crippen LogP) is 3.89. The first-order valence-corrected chi connectivity index (χ1v) is 8.13. The summed E-state index contributed by atoms with van der Waals surface area (Å²) >= 11 is 7.71. The van der Waals surface area contributed by atoms with Crippen molar-refractivity contribution in [1.29, 1.82) is 0 Å². The van der Waals surface area contributed by atoms with Gasteiger partial charge in [0.2, 0.25) is 0 Å². The van der Waals surface area contributed by atoms with Gasteiger partial charge < -0.3 is 0 Å². The standard InChI is InChI=1S/C14H23ClN2S/c1-14(2,3)12-10-18-13(16-12)9-17-6-4-11(8-15)5-7-17/h10-11H,4-9H2,1-3H3. The van der Waals surface area contributed by atoms with Crippen LogP contribution >= 0.6 is 22.9 Å². The third-order valence-corrected chi connectivity index (χ3v) is 4.87. The molecule has 2 heterocycles. The van der Waals surface area contributed by atoms with E-state index >= 15 is 0 Å². The number of thiazole rings is 1. The Morgan fingerprint density at radius 3 is 2.56 bits per heavy atom. The van der Waals surface area contributed by atoms with E-state index in [-0.39, 0.29) is 5.41 Å². The second-order valence-electron chi connectivity index (χ2n) is 6.25. The van der Waals surface area contributed by atoms with E-state index in [0.29, 0.717) is 0 Å². The van der Waals surface area contributed by atoms with Crippen molar-refractivity contribution in [3.05, 3.63) is 16.1 Å². The largest absolute Gasteiger partial charge is 0.297 e. The van der Waals surface area contributed by atoms with Crippen molar-refractivity contribution in [2.75, 3.05) is 19.0 Å².